The largest absolute Gasteiger partial charge is 0.491 e. The predicted molar refractivity (Wildman–Crippen MR) is 84.0 cm³/mol. The number of thioether (sulfide) groups is 1. The van der Waals surface area contributed by atoms with E-state index in [1.165, 1.54) is 24.8 Å². The maximum Gasteiger partial charge on any atom is 0.124 e. The van der Waals surface area contributed by atoms with Crippen molar-refractivity contribution in [2.24, 2.45) is 0 Å². The topological polar surface area (TPSA) is 21.3 Å². The van der Waals surface area contributed by atoms with Crippen LogP contribution in [0, 0.1) is 0 Å². The zero-order valence-electron chi connectivity index (χ0n) is 12.2. The van der Waals surface area contributed by atoms with Crippen molar-refractivity contribution in [3.8, 4) is 5.75 Å². The molecule has 1 aliphatic rings. The van der Waals surface area contributed by atoms with E-state index in [0.717, 1.165) is 18.8 Å². The van der Waals surface area contributed by atoms with Crippen molar-refractivity contribution in [1.29, 1.82) is 0 Å². The highest BCUT2D eigenvalue weighted by atomic mass is 32.2. The molecule has 0 heterocycles. The van der Waals surface area contributed by atoms with Gasteiger partial charge in [-0.25, -0.2) is 0 Å². The lowest BCUT2D eigenvalue weighted by molar-refractivity contribution is 0.239. The third-order valence-corrected chi connectivity index (χ3v) is 5.21. The van der Waals surface area contributed by atoms with Crippen LogP contribution >= 0.6 is 11.8 Å². The van der Waals surface area contributed by atoms with Crippen molar-refractivity contribution in [2.45, 2.75) is 50.5 Å². The Hall–Kier alpha value is -0.670. The van der Waals surface area contributed by atoms with Crippen LogP contribution in [0.4, 0.5) is 0 Å². The zero-order valence-corrected chi connectivity index (χ0v) is 13.1. The molecular weight excluding hydrogens is 254 g/mol. The summed E-state index contributed by atoms with van der Waals surface area (Å²) in [7, 11) is 0. The number of para-hydroxylation sites is 1. The van der Waals surface area contributed by atoms with Crippen LogP contribution in [-0.4, -0.2) is 23.7 Å². The average Bonchev–Trinajstić information content (AvgIpc) is 2.34. The molecule has 19 heavy (non-hydrogen) atoms. The lowest BCUT2D eigenvalue weighted by atomic mass is 9.84. The summed E-state index contributed by atoms with van der Waals surface area (Å²) in [5.41, 5.74) is 1.26. The third kappa shape index (κ3) is 3.90. The number of hydrogen-bond acceptors (Lipinski definition) is 3. The summed E-state index contributed by atoms with van der Waals surface area (Å²) in [6.07, 6.45) is 6.55. The maximum absolute atomic E-state index is 5.85. The molecule has 2 nitrogen and oxygen atoms in total. The molecule has 1 N–H and O–H groups in total. The van der Waals surface area contributed by atoms with Gasteiger partial charge in [0.15, 0.2) is 0 Å². The fraction of sp³-hybridized carbons (Fsp3) is 0.625. The Labute approximate surface area is 121 Å². The fourth-order valence-corrected chi connectivity index (χ4v) is 3.41. The van der Waals surface area contributed by atoms with E-state index >= 15 is 0 Å². The minimum Gasteiger partial charge on any atom is -0.491 e. The number of rotatable bonds is 7. The number of nitrogens with one attached hydrogen (secondary N) is 1. The van der Waals surface area contributed by atoms with Gasteiger partial charge in [0.25, 0.3) is 0 Å². The molecule has 1 aliphatic carbocycles. The molecule has 0 bridgehead atoms. The summed E-state index contributed by atoms with van der Waals surface area (Å²) in [6.45, 7) is 6.14. The summed E-state index contributed by atoms with van der Waals surface area (Å²) in [6, 6.07) is 8.33. The standard InChI is InChI=1S/C16H25NOS/c1-13(2)18-15-8-5-4-7-14(15)11-17-12-16(19-3)9-6-10-16/h4-5,7-8,13,17H,6,9-12H2,1-3H3. The molecule has 0 unspecified atom stereocenters. The summed E-state index contributed by atoms with van der Waals surface area (Å²) in [4.78, 5) is 0. The Balaban J connectivity index is 1.88. The molecular formula is C16H25NOS. The van der Waals surface area contributed by atoms with Gasteiger partial charge in [-0.1, -0.05) is 24.6 Å². The smallest absolute Gasteiger partial charge is 0.124 e. The van der Waals surface area contributed by atoms with Crippen molar-refractivity contribution in [2.75, 3.05) is 12.8 Å². The summed E-state index contributed by atoms with van der Waals surface area (Å²) in [5.74, 6) is 1.01. The molecule has 0 aromatic heterocycles. The third-order valence-electron chi connectivity index (χ3n) is 3.80. The van der Waals surface area contributed by atoms with Gasteiger partial charge >= 0.3 is 0 Å². The second-order valence-electron chi connectivity index (χ2n) is 5.62. The number of ether oxygens (including phenoxy) is 1. The Kier molecular flexibility index (Phi) is 5.17. The normalized spacial score (nSPS) is 17.3. The van der Waals surface area contributed by atoms with E-state index in [9.17, 15) is 0 Å². The van der Waals surface area contributed by atoms with Crippen LogP contribution in [0.25, 0.3) is 0 Å². The first-order valence-electron chi connectivity index (χ1n) is 7.16. The average molecular weight is 279 g/mol. The van der Waals surface area contributed by atoms with Crippen molar-refractivity contribution < 1.29 is 4.74 Å². The predicted octanol–water partition coefficient (Wildman–Crippen LogP) is 3.85. The van der Waals surface area contributed by atoms with Crippen molar-refractivity contribution in [3.05, 3.63) is 29.8 Å². The minimum atomic E-state index is 0.227. The van der Waals surface area contributed by atoms with Crippen LogP contribution < -0.4 is 10.1 Å². The Morgan fingerprint density at radius 1 is 1.32 bits per heavy atom. The van der Waals surface area contributed by atoms with E-state index < -0.39 is 0 Å². The SMILES string of the molecule is CSC1(CNCc2ccccc2OC(C)C)CCC1. The summed E-state index contributed by atoms with van der Waals surface area (Å²) in [5, 5.41) is 3.61. The van der Waals surface area contributed by atoms with E-state index in [-0.39, 0.29) is 6.10 Å². The highest BCUT2D eigenvalue weighted by molar-refractivity contribution is 8.00. The van der Waals surface area contributed by atoms with Gasteiger partial charge < -0.3 is 10.1 Å². The Morgan fingerprint density at radius 2 is 2.05 bits per heavy atom. The number of benzene rings is 1. The molecule has 0 amide bonds. The second-order valence-corrected chi connectivity index (χ2v) is 6.89. The van der Waals surface area contributed by atoms with Gasteiger partial charge in [-0.3, -0.25) is 0 Å². The summed E-state index contributed by atoms with van der Waals surface area (Å²) >= 11 is 2.02. The molecule has 0 radical (unpaired) electrons. The van der Waals surface area contributed by atoms with Crippen molar-refractivity contribution in [1.82, 2.24) is 5.32 Å². The molecule has 0 saturated heterocycles. The van der Waals surface area contributed by atoms with Gasteiger partial charge in [-0.15, -0.1) is 0 Å². The van der Waals surface area contributed by atoms with Gasteiger partial charge in [0, 0.05) is 23.4 Å². The van der Waals surface area contributed by atoms with E-state index in [4.69, 9.17) is 4.74 Å². The Bertz CT molecular complexity index is 396. The van der Waals surface area contributed by atoms with Crippen LogP contribution in [0.1, 0.15) is 38.7 Å². The maximum atomic E-state index is 5.85. The second kappa shape index (κ2) is 6.67. The Morgan fingerprint density at radius 3 is 2.63 bits per heavy atom. The monoisotopic (exact) mass is 279 g/mol. The van der Waals surface area contributed by atoms with E-state index in [1.54, 1.807) is 0 Å². The molecule has 0 aliphatic heterocycles. The van der Waals surface area contributed by atoms with Crippen molar-refractivity contribution in [3.63, 3.8) is 0 Å². The molecule has 3 heteroatoms. The van der Waals surface area contributed by atoms with Crippen LogP contribution in [0.15, 0.2) is 24.3 Å². The van der Waals surface area contributed by atoms with Gasteiger partial charge in [0.1, 0.15) is 5.75 Å². The number of hydrogen-bond donors (Lipinski definition) is 1. The highest BCUT2D eigenvalue weighted by Gasteiger charge is 2.35. The molecule has 0 spiro atoms. The molecule has 106 valence electrons. The first-order valence-corrected chi connectivity index (χ1v) is 8.38. The van der Waals surface area contributed by atoms with Gasteiger partial charge in [0.05, 0.1) is 6.10 Å². The van der Waals surface area contributed by atoms with Crippen LogP contribution in [0.2, 0.25) is 0 Å². The fourth-order valence-electron chi connectivity index (χ4n) is 2.47. The van der Waals surface area contributed by atoms with Gasteiger partial charge in [0.2, 0.25) is 0 Å². The van der Waals surface area contributed by atoms with Crippen LogP contribution in [0.3, 0.4) is 0 Å². The molecule has 2 rings (SSSR count). The molecule has 1 saturated carbocycles. The van der Waals surface area contributed by atoms with Gasteiger partial charge in [-0.2, -0.15) is 11.8 Å². The van der Waals surface area contributed by atoms with Crippen molar-refractivity contribution >= 4 is 11.8 Å². The van der Waals surface area contributed by atoms with E-state index in [0.29, 0.717) is 4.75 Å². The lowest BCUT2D eigenvalue weighted by Gasteiger charge is -2.40. The molecule has 1 aromatic carbocycles. The lowest BCUT2D eigenvalue weighted by Crippen LogP contribution is -2.43. The van der Waals surface area contributed by atoms with E-state index in [2.05, 4.69) is 43.6 Å². The zero-order chi connectivity index (χ0) is 13.7. The highest BCUT2D eigenvalue weighted by Crippen LogP contribution is 2.42. The first-order chi connectivity index (χ1) is 9.15. The summed E-state index contributed by atoms with van der Waals surface area (Å²) < 4.78 is 6.34. The molecule has 0 atom stereocenters. The van der Waals surface area contributed by atoms with Crippen LogP contribution in [0.5, 0.6) is 5.75 Å². The molecule has 1 aromatic rings. The quantitative estimate of drug-likeness (QED) is 0.819. The van der Waals surface area contributed by atoms with Gasteiger partial charge in [-0.05, 0) is 39.0 Å². The molecule has 1 fully saturated rings. The van der Waals surface area contributed by atoms with E-state index in [1.807, 2.05) is 17.8 Å². The minimum absolute atomic E-state index is 0.227. The van der Waals surface area contributed by atoms with Crippen LogP contribution in [-0.2, 0) is 6.54 Å². The first kappa shape index (κ1) is 14.7.